The summed E-state index contributed by atoms with van der Waals surface area (Å²) in [6.07, 6.45) is 1.72. The second-order valence-corrected chi connectivity index (χ2v) is 9.64. The van der Waals surface area contributed by atoms with Gasteiger partial charge in [-0.05, 0) is 48.6 Å². The lowest BCUT2D eigenvalue weighted by atomic mass is 10.0. The topological polar surface area (TPSA) is 82.2 Å². The van der Waals surface area contributed by atoms with Crippen LogP contribution in [0.3, 0.4) is 0 Å². The minimum atomic E-state index is -0.775. The molecule has 0 fully saturated rings. The number of nitrogens with one attached hydrogen (secondary N) is 1. The monoisotopic (exact) mass is 518 g/mol. The maximum atomic E-state index is 13.9. The van der Waals surface area contributed by atoms with E-state index < -0.39 is 24.9 Å². The number of hydrogen-bond donors (Lipinski definition) is 2. The van der Waals surface area contributed by atoms with E-state index in [1.807, 2.05) is 48.9 Å². The van der Waals surface area contributed by atoms with Crippen LogP contribution in [-0.4, -0.2) is 41.4 Å². The molecule has 1 unspecified atom stereocenters. The number of aromatic nitrogens is 2. The van der Waals surface area contributed by atoms with Gasteiger partial charge in [-0.2, -0.15) is 0 Å². The SMILES string of the molecule is COC(CC[C@H](N)CF)C(=O)N[C@@H](c1nc(-c2cccc(Cl)c2)cn1Cc1cccc(F)c1)C(C)C. The Kier molecular flexibility index (Phi) is 9.98. The fraction of sp³-hybridized carbons (Fsp3) is 0.407. The first-order valence-corrected chi connectivity index (χ1v) is 12.3. The molecule has 3 N–H and O–H groups in total. The predicted octanol–water partition coefficient (Wildman–Crippen LogP) is 5.30. The molecule has 3 atom stereocenters. The number of rotatable bonds is 12. The first-order chi connectivity index (χ1) is 17.2. The van der Waals surface area contributed by atoms with Gasteiger partial charge in [0.15, 0.2) is 0 Å². The summed E-state index contributed by atoms with van der Waals surface area (Å²) in [5.41, 5.74) is 7.94. The Morgan fingerprint density at radius 3 is 2.58 bits per heavy atom. The van der Waals surface area contributed by atoms with Crippen LogP contribution in [0.2, 0.25) is 5.02 Å². The van der Waals surface area contributed by atoms with Crippen molar-refractivity contribution in [2.45, 2.75) is 51.4 Å². The molecule has 2 aromatic carbocycles. The Morgan fingerprint density at radius 2 is 1.94 bits per heavy atom. The molecule has 36 heavy (non-hydrogen) atoms. The lowest BCUT2D eigenvalue weighted by Crippen LogP contribution is -2.41. The van der Waals surface area contributed by atoms with Crippen LogP contribution in [0.4, 0.5) is 8.78 Å². The largest absolute Gasteiger partial charge is 0.372 e. The molecule has 0 aliphatic carbocycles. The molecule has 0 aliphatic heterocycles. The van der Waals surface area contributed by atoms with Gasteiger partial charge in [0.05, 0.1) is 11.7 Å². The fourth-order valence-electron chi connectivity index (χ4n) is 4.00. The summed E-state index contributed by atoms with van der Waals surface area (Å²) < 4.78 is 34.0. The molecule has 0 radical (unpaired) electrons. The molecular weight excluding hydrogens is 486 g/mol. The van der Waals surface area contributed by atoms with Crippen molar-refractivity contribution in [1.82, 2.24) is 14.9 Å². The Morgan fingerprint density at radius 1 is 1.19 bits per heavy atom. The maximum absolute atomic E-state index is 13.9. The smallest absolute Gasteiger partial charge is 0.249 e. The highest BCUT2D eigenvalue weighted by atomic mass is 35.5. The van der Waals surface area contributed by atoms with Crippen molar-refractivity contribution >= 4 is 17.5 Å². The summed E-state index contributed by atoms with van der Waals surface area (Å²) in [5, 5.41) is 3.64. The number of nitrogens with two attached hydrogens (primary N) is 1. The number of carbonyl (C=O) groups excluding carboxylic acids is 1. The number of halogens is 3. The van der Waals surface area contributed by atoms with E-state index in [-0.39, 0.29) is 17.6 Å². The van der Waals surface area contributed by atoms with Crippen molar-refractivity contribution in [3.63, 3.8) is 0 Å². The highest BCUT2D eigenvalue weighted by Gasteiger charge is 2.28. The van der Waals surface area contributed by atoms with E-state index in [9.17, 15) is 13.6 Å². The van der Waals surface area contributed by atoms with Crippen molar-refractivity contribution in [2.24, 2.45) is 11.7 Å². The molecule has 0 bridgehead atoms. The molecule has 1 aromatic heterocycles. The Balaban J connectivity index is 1.95. The second-order valence-electron chi connectivity index (χ2n) is 9.20. The highest BCUT2D eigenvalue weighted by molar-refractivity contribution is 6.30. The van der Waals surface area contributed by atoms with Crippen molar-refractivity contribution in [1.29, 1.82) is 0 Å². The number of ether oxygens (including phenoxy) is 1. The van der Waals surface area contributed by atoms with Crippen LogP contribution in [0.25, 0.3) is 11.3 Å². The molecule has 1 heterocycles. The number of hydrogen-bond acceptors (Lipinski definition) is 4. The average molecular weight is 519 g/mol. The third kappa shape index (κ3) is 7.35. The summed E-state index contributed by atoms with van der Waals surface area (Å²) in [4.78, 5) is 18.0. The van der Waals surface area contributed by atoms with E-state index in [1.165, 1.54) is 19.2 Å². The number of nitrogens with zero attached hydrogens (tertiary/aromatic N) is 2. The van der Waals surface area contributed by atoms with Gasteiger partial charge in [-0.3, -0.25) is 4.79 Å². The molecule has 3 rings (SSSR count). The molecule has 0 saturated carbocycles. The quantitative estimate of drug-likeness (QED) is 0.341. The fourth-order valence-corrected chi connectivity index (χ4v) is 4.19. The molecule has 194 valence electrons. The zero-order chi connectivity index (χ0) is 26.2. The maximum Gasteiger partial charge on any atom is 0.249 e. The molecule has 0 spiro atoms. The third-order valence-corrected chi connectivity index (χ3v) is 6.22. The third-order valence-electron chi connectivity index (χ3n) is 5.99. The van der Waals surface area contributed by atoms with Crippen LogP contribution >= 0.6 is 11.6 Å². The zero-order valence-corrected chi connectivity index (χ0v) is 21.5. The molecule has 0 aliphatic rings. The van der Waals surface area contributed by atoms with Crippen LogP contribution in [-0.2, 0) is 16.1 Å². The second kappa shape index (κ2) is 12.9. The Hall–Kier alpha value is -2.81. The minimum absolute atomic E-state index is 0.0274. The lowest BCUT2D eigenvalue weighted by molar-refractivity contribution is -0.132. The number of benzene rings is 2. The summed E-state index contributed by atoms with van der Waals surface area (Å²) in [6.45, 7) is 3.66. The minimum Gasteiger partial charge on any atom is -0.372 e. The van der Waals surface area contributed by atoms with Crippen LogP contribution in [0, 0.1) is 11.7 Å². The van der Waals surface area contributed by atoms with Gasteiger partial charge in [0.2, 0.25) is 5.91 Å². The van der Waals surface area contributed by atoms with Crippen LogP contribution < -0.4 is 11.1 Å². The van der Waals surface area contributed by atoms with E-state index >= 15 is 0 Å². The molecule has 0 saturated heterocycles. The Labute approximate surface area is 215 Å². The van der Waals surface area contributed by atoms with Crippen LogP contribution in [0.5, 0.6) is 0 Å². The summed E-state index contributed by atoms with van der Waals surface area (Å²) in [7, 11) is 1.44. The van der Waals surface area contributed by atoms with Crippen LogP contribution in [0.15, 0.2) is 54.7 Å². The summed E-state index contributed by atoms with van der Waals surface area (Å²) >= 11 is 6.20. The van der Waals surface area contributed by atoms with Gasteiger partial charge >= 0.3 is 0 Å². The lowest BCUT2D eigenvalue weighted by Gasteiger charge is -2.25. The summed E-state index contributed by atoms with van der Waals surface area (Å²) in [6, 6.07) is 12.6. The van der Waals surface area contributed by atoms with Crippen molar-refractivity contribution in [2.75, 3.05) is 13.8 Å². The van der Waals surface area contributed by atoms with Gasteiger partial charge in [0, 0.05) is 36.5 Å². The van der Waals surface area contributed by atoms with Crippen molar-refractivity contribution in [3.05, 3.63) is 77.0 Å². The van der Waals surface area contributed by atoms with E-state index in [1.54, 1.807) is 12.1 Å². The number of methoxy groups -OCH3 is 1. The first kappa shape index (κ1) is 27.8. The van der Waals surface area contributed by atoms with Crippen molar-refractivity contribution < 1.29 is 18.3 Å². The van der Waals surface area contributed by atoms with E-state index in [2.05, 4.69) is 5.32 Å². The number of amides is 1. The standard InChI is InChI=1S/C27H33ClF2N4O2/c1-17(2)25(33-27(35)24(36-3)11-10-22(31)14-29)26-32-23(19-7-5-8-20(28)13-19)16-34(26)15-18-6-4-9-21(30)12-18/h4-9,12-13,16-17,22,24-25H,10-11,14-15,31H2,1-3H3,(H,33,35)/t22-,24?,25+/m0/s1. The van der Waals surface area contributed by atoms with Gasteiger partial charge in [0.25, 0.3) is 0 Å². The predicted molar refractivity (Wildman–Crippen MR) is 138 cm³/mol. The number of imidazole rings is 1. The van der Waals surface area contributed by atoms with E-state index in [0.29, 0.717) is 35.9 Å². The normalized spacial score (nSPS) is 14.0. The zero-order valence-electron chi connectivity index (χ0n) is 20.8. The van der Waals surface area contributed by atoms with Crippen LogP contribution in [0.1, 0.15) is 44.1 Å². The average Bonchev–Trinajstić information content (AvgIpc) is 3.25. The van der Waals surface area contributed by atoms with Gasteiger partial charge in [-0.25, -0.2) is 13.8 Å². The van der Waals surface area contributed by atoms with Gasteiger partial charge < -0.3 is 20.4 Å². The van der Waals surface area contributed by atoms with Crippen molar-refractivity contribution in [3.8, 4) is 11.3 Å². The number of carbonyl (C=O) groups is 1. The van der Waals surface area contributed by atoms with Gasteiger partial charge in [-0.1, -0.05) is 49.7 Å². The molecule has 9 heteroatoms. The van der Waals surface area contributed by atoms with E-state index in [0.717, 1.165) is 11.1 Å². The molecule has 6 nitrogen and oxygen atoms in total. The molecule has 3 aromatic rings. The Bertz CT molecular complexity index is 1150. The molecular formula is C27H33ClF2N4O2. The van der Waals surface area contributed by atoms with E-state index in [4.69, 9.17) is 27.1 Å². The van der Waals surface area contributed by atoms with Gasteiger partial charge in [0.1, 0.15) is 24.4 Å². The highest BCUT2D eigenvalue weighted by Crippen LogP contribution is 2.28. The first-order valence-electron chi connectivity index (χ1n) is 11.9. The summed E-state index contributed by atoms with van der Waals surface area (Å²) in [5.74, 6) is -0.0624. The van der Waals surface area contributed by atoms with Gasteiger partial charge in [-0.15, -0.1) is 0 Å². The number of alkyl halides is 1. The molecule has 1 amide bonds.